The van der Waals surface area contributed by atoms with Crippen LogP contribution < -0.4 is 0 Å². The van der Waals surface area contributed by atoms with Gasteiger partial charge in [0.2, 0.25) is 0 Å². The van der Waals surface area contributed by atoms with E-state index in [-0.39, 0.29) is 48.9 Å². The minimum Gasteiger partial charge on any atom is -0.512 e. The van der Waals surface area contributed by atoms with Gasteiger partial charge in [0.1, 0.15) is 0 Å². The number of ketones is 1. The van der Waals surface area contributed by atoms with Crippen molar-refractivity contribution >= 4 is 27.5 Å². The molecule has 0 fully saturated rings. The van der Waals surface area contributed by atoms with Gasteiger partial charge in [0.15, 0.2) is 5.78 Å². The molecule has 0 unspecified atom stereocenters. The van der Waals surface area contributed by atoms with E-state index in [9.17, 15) is 9.90 Å². The van der Waals surface area contributed by atoms with Crippen molar-refractivity contribution in [2.45, 2.75) is 92.4 Å². The molecule has 2 aromatic carbocycles. The first-order chi connectivity index (χ1) is 19.6. The van der Waals surface area contributed by atoms with Crippen LogP contribution in [0.25, 0.3) is 32.9 Å². The van der Waals surface area contributed by atoms with Crippen LogP contribution in [0.3, 0.4) is 0 Å². The molecule has 4 nitrogen and oxygen atoms in total. The molecule has 42 heavy (non-hydrogen) atoms. The Morgan fingerprint density at radius 2 is 1.64 bits per heavy atom. The molecule has 2 aromatic heterocycles. The van der Waals surface area contributed by atoms with Gasteiger partial charge in [-0.15, -0.1) is 23.3 Å². The van der Waals surface area contributed by atoms with Crippen LogP contribution in [0, 0.1) is 17.9 Å². The van der Waals surface area contributed by atoms with E-state index in [1.165, 1.54) is 38.9 Å². The maximum Gasteiger partial charge on any atom is 0.162 e. The van der Waals surface area contributed by atoms with Gasteiger partial charge in [-0.25, -0.2) is 0 Å². The number of fused-ring (bicyclic) bond motifs is 4. The number of carbonyl (C=O) groups is 1. The Bertz CT molecular complexity index is 1580. The molecule has 225 valence electrons. The average Bonchev–Trinajstić information content (AvgIpc) is 2.96. The number of hydrogen-bond donors (Lipinski definition) is 1. The van der Waals surface area contributed by atoms with Gasteiger partial charge >= 0.3 is 0 Å². The molecule has 0 saturated carbocycles. The summed E-state index contributed by atoms with van der Waals surface area (Å²) in [5, 5.41) is 13.5. The Morgan fingerprint density at radius 3 is 2.26 bits per heavy atom. The minimum absolute atomic E-state index is 0. The Kier molecular flexibility index (Phi) is 11.3. The summed E-state index contributed by atoms with van der Waals surface area (Å²) in [6.07, 6.45) is 8.68. The molecule has 1 aliphatic carbocycles. The summed E-state index contributed by atoms with van der Waals surface area (Å²) in [4.78, 5) is 21.0. The number of allylic oxidation sites excluding steroid dienone is 2. The molecule has 0 atom stereocenters. The third-order valence-corrected chi connectivity index (χ3v) is 8.88. The van der Waals surface area contributed by atoms with E-state index >= 15 is 0 Å². The number of nitrogens with zero attached hydrogens (tertiary/aromatic N) is 2. The fourth-order valence-corrected chi connectivity index (χ4v) is 6.20. The molecule has 2 heterocycles. The number of rotatable bonds is 8. The molecule has 0 bridgehead atoms. The summed E-state index contributed by atoms with van der Waals surface area (Å²) in [5.74, 6) is 1.04. The second-order valence-electron chi connectivity index (χ2n) is 12.1. The molecule has 1 radical (unpaired) electrons. The Hall–Kier alpha value is -2.88. The number of hydrogen-bond acceptors (Lipinski definition) is 4. The largest absolute Gasteiger partial charge is 0.512 e. The average molecular weight is 742 g/mol. The van der Waals surface area contributed by atoms with Crippen LogP contribution in [0.5, 0.6) is 0 Å². The minimum atomic E-state index is -0.131. The fraction of sp³-hybridized carbons (Fsp3) is 0.432. The van der Waals surface area contributed by atoms with Gasteiger partial charge in [0, 0.05) is 50.4 Å². The van der Waals surface area contributed by atoms with E-state index in [1.54, 1.807) is 0 Å². The number of aliphatic hydroxyl groups is 1. The van der Waals surface area contributed by atoms with Crippen LogP contribution in [-0.4, -0.2) is 20.9 Å². The number of pyridine rings is 2. The molecule has 1 N–H and O–H groups in total. The van der Waals surface area contributed by atoms with Crippen LogP contribution >= 0.6 is 0 Å². The topological polar surface area (TPSA) is 63.1 Å². The zero-order chi connectivity index (χ0) is 29.9. The molecule has 1 aliphatic rings. The van der Waals surface area contributed by atoms with E-state index in [2.05, 4.69) is 63.0 Å². The second-order valence-corrected chi connectivity index (χ2v) is 12.1. The summed E-state index contributed by atoms with van der Waals surface area (Å²) in [6.45, 7) is 17.2. The van der Waals surface area contributed by atoms with E-state index in [1.807, 2.05) is 52.2 Å². The summed E-state index contributed by atoms with van der Waals surface area (Å²) < 4.78 is 0. The molecular weight excluding hydrogens is 697 g/mol. The molecular formula is C37H45IrN2O2-. The van der Waals surface area contributed by atoms with Crippen molar-refractivity contribution in [3.8, 4) is 11.3 Å². The zero-order valence-electron chi connectivity index (χ0n) is 26.3. The van der Waals surface area contributed by atoms with Crippen LogP contribution in [0.15, 0.2) is 60.6 Å². The van der Waals surface area contributed by atoms with Gasteiger partial charge in [-0.05, 0) is 82.3 Å². The van der Waals surface area contributed by atoms with E-state index in [0.29, 0.717) is 5.92 Å². The first kappa shape index (κ1) is 33.6. The quantitative estimate of drug-likeness (QED) is 0.111. The zero-order valence-corrected chi connectivity index (χ0v) is 28.7. The fourth-order valence-electron chi connectivity index (χ4n) is 6.20. The van der Waals surface area contributed by atoms with E-state index < -0.39 is 0 Å². The van der Waals surface area contributed by atoms with Crippen molar-refractivity contribution < 1.29 is 30.0 Å². The van der Waals surface area contributed by atoms with Gasteiger partial charge in [0.25, 0.3) is 0 Å². The maximum absolute atomic E-state index is 11.7. The van der Waals surface area contributed by atoms with Crippen molar-refractivity contribution in [3.63, 3.8) is 0 Å². The molecule has 0 aliphatic heterocycles. The standard InChI is InChI=1S/C24H21N2.C13H24O2.Ir/c1-14(2)16-12-15-9-11-26-23-18-7-8-20-17(6-5-10-25-20)22(18)24(3,4)19(13-16)21(15)23;1-5-10(6-2)12(14)9-13(15)11(7-3)8-4;/h5-6,8-14H,1-4H3;9-11,14H,5-8H2,1-4H3;/q-1;;/b;12-9-;. The molecule has 0 spiro atoms. The van der Waals surface area contributed by atoms with Gasteiger partial charge < -0.3 is 15.1 Å². The molecule has 4 aromatic rings. The van der Waals surface area contributed by atoms with Gasteiger partial charge in [-0.3, -0.25) is 4.79 Å². The molecule has 0 amide bonds. The van der Waals surface area contributed by atoms with E-state index in [4.69, 9.17) is 4.98 Å². The van der Waals surface area contributed by atoms with Gasteiger partial charge in [0.05, 0.1) is 5.76 Å². The Morgan fingerprint density at radius 1 is 0.976 bits per heavy atom. The Balaban J connectivity index is 0.000000263. The summed E-state index contributed by atoms with van der Waals surface area (Å²) in [5.41, 5.74) is 7.06. The van der Waals surface area contributed by atoms with Crippen molar-refractivity contribution in [2.24, 2.45) is 11.8 Å². The normalized spacial score (nSPS) is 13.6. The first-order valence-corrected chi connectivity index (χ1v) is 15.3. The maximum atomic E-state index is 11.7. The number of carbonyl (C=O) groups excluding carboxylic acids is 1. The predicted octanol–water partition coefficient (Wildman–Crippen LogP) is 9.88. The first-order valence-electron chi connectivity index (χ1n) is 15.3. The molecule has 5 heteroatoms. The van der Waals surface area contributed by atoms with Gasteiger partial charge in [-0.2, -0.15) is 0 Å². The smallest absolute Gasteiger partial charge is 0.162 e. The monoisotopic (exact) mass is 742 g/mol. The SMILES string of the molecule is CC(C)c1cc2c3c(nccc3c1)-c1[c-]cc3ncccc3c1C2(C)C.CCC(CC)C(=O)/C=C(\O)C(CC)CC.[Ir]. The van der Waals surface area contributed by atoms with E-state index in [0.717, 1.165) is 42.5 Å². The van der Waals surface area contributed by atoms with Crippen molar-refractivity contribution in [1.82, 2.24) is 9.97 Å². The van der Waals surface area contributed by atoms with Crippen LogP contribution in [0.1, 0.15) is 104 Å². The molecule has 0 saturated heterocycles. The number of aliphatic hydroxyl groups excluding tert-OH is 1. The third kappa shape index (κ3) is 6.38. The summed E-state index contributed by atoms with van der Waals surface area (Å²) >= 11 is 0. The van der Waals surface area contributed by atoms with Crippen LogP contribution in [0.2, 0.25) is 0 Å². The Labute approximate surface area is 265 Å². The summed E-state index contributed by atoms with van der Waals surface area (Å²) in [7, 11) is 0. The summed E-state index contributed by atoms with van der Waals surface area (Å²) in [6, 6.07) is 16.5. The van der Waals surface area contributed by atoms with Gasteiger partial charge in [-0.1, -0.05) is 79.0 Å². The number of benzene rings is 2. The number of aromatic nitrogens is 2. The van der Waals surface area contributed by atoms with Crippen molar-refractivity contribution in [1.29, 1.82) is 0 Å². The second kappa shape index (κ2) is 14.1. The molecule has 5 rings (SSSR count). The van der Waals surface area contributed by atoms with Crippen molar-refractivity contribution in [3.05, 3.63) is 83.4 Å². The van der Waals surface area contributed by atoms with Crippen LogP contribution in [0.4, 0.5) is 0 Å². The third-order valence-electron chi connectivity index (χ3n) is 8.88. The van der Waals surface area contributed by atoms with Crippen molar-refractivity contribution in [2.75, 3.05) is 0 Å². The predicted molar refractivity (Wildman–Crippen MR) is 171 cm³/mol. The van der Waals surface area contributed by atoms with Crippen LogP contribution in [-0.2, 0) is 30.3 Å².